The van der Waals surface area contributed by atoms with Gasteiger partial charge in [-0.15, -0.1) is 0 Å². The molecule has 0 saturated carbocycles. The van der Waals surface area contributed by atoms with E-state index in [2.05, 4.69) is 317 Å². The molecule has 12 nitrogen and oxygen atoms in total. The van der Waals surface area contributed by atoms with Crippen LogP contribution in [0.1, 0.15) is 0 Å². The Morgan fingerprint density at radius 2 is 0.316 bits per heavy atom. The van der Waals surface area contributed by atoms with E-state index in [4.69, 9.17) is 39.9 Å². The Morgan fingerprint density at radius 1 is 0.110 bits per heavy atom. The van der Waals surface area contributed by atoms with Crippen molar-refractivity contribution in [2.45, 2.75) is 0 Å². The molecule has 136 heavy (non-hydrogen) atoms. The second kappa shape index (κ2) is 39.8. The molecular weight excluding hydrogens is 1660 g/mol. The third kappa shape index (κ3) is 19.1. The molecule has 16 aromatic carbocycles. The topological polar surface area (TPSA) is 155 Å². The number of nitrogens with zero attached hydrogens (tertiary/aromatic N) is 12. The van der Waals surface area contributed by atoms with Crippen molar-refractivity contribution < 1.29 is 0 Å². The van der Waals surface area contributed by atoms with E-state index in [0.717, 1.165) is 196 Å². The first-order valence-corrected chi connectivity index (χ1v) is 45.2. The van der Waals surface area contributed by atoms with E-state index in [1.807, 2.05) is 207 Å². The second-order valence-electron chi connectivity index (χ2n) is 32.7. The third-order valence-corrected chi connectivity index (χ3v) is 23.9. The number of para-hydroxylation sites is 8. The Labute approximate surface area is 788 Å². The van der Waals surface area contributed by atoms with Gasteiger partial charge in [0.15, 0.2) is 0 Å². The summed E-state index contributed by atoms with van der Waals surface area (Å²) in [6.07, 6.45) is 12.7. The van der Waals surface area contributed by atoms with E-state index >= 15 is 0 Å². The van der Waals surface area contributed by atoms with Crippen LogP contribution < -0.4 is 0 Å². The van der Waals surface area contributed by atoms with E-state index in [-0.39, 0.29) is 0 Å². The van der Waals surface area contributed by atoms with Gasteiger partial charge in [-0.3, -0.25) is 19.9 Å². The van der Waals surface area contributed by atoms with Crippen LogP contribution in [0.5, 0.6) is 0 Å². The highest BCUT2D eigenvalue weighted by atomic mass is 14.9. The molecule has 0 bridgehead atoms. The third-order valence-electron chi connectivity index (χ3n) is 23.9. The molecule has 24 aromatic rings. The lowest BCUT2D eigenvalue weighted by molar-refractivity contribution is 1.29. The number of hydrogen-bond acceptors (Lipinski definition) is 12. The summed E-state index contributed by atoms with van der Waals surface area (Å²) < 4.78 is 0. The highest BCUT2D eigenvalue weighted by molar-refractivity contribution is 5.93. The molecule has 8 aromatic heterocycles. The summed E-state index contributed by atoms with van der Waals surface area (Å²) in [6, 6.07) is 160. The molecule has 0 spiro atoms. The summed E-state index contributed by atoms with van der Waals surface area (Å²) in [4.78, 5) is 57.4. The summed E-state index contributed by atoms with van der Waals surface area (Å²) in [5.41, 5.74) is 40.7. The lowest BCUT2D eigenvalue weighted by Gasteiger charge is -2.12. The number of rotatable bonds is 16. The van der Waals surface area contributed by atoms with Crippen LogP contribution in [0.2, 0.25) is 0 Å². The maximum atomic E-state index is 5.07. The smallest absolute Gasteiger partial charge is 0.0973 e. The zero-order chi connectivity index (χ0) is 91.0. The predicted molar refractivity (Wildman–Crippen MR) is 556 cm³/mol. The minimum absolute atomic E-state index is 0.872. The maximum Gasteiger partial charge on any atom is 0.0973 e. The maximum absolute atomic E-state index is 5.07. The molecule has 24 rings (SSSR count). The quantitative estimate of drug-likeness (QED) is 0.0904. The van der Waals surface area contributed by atoms with Crippen molar-refractivity contribution in [3.63, 3.8) is 0 Å². The molecule has 0 aliphatic rings. The van der Waals surface area contributed by atoms with Crippen molar-refractivity contribution >= 4 is 44.1 Å². The van der Waals surface area contributed by atoms with Crippen LogP contribution in [0.15, 0.2) is 510 Å². The molecule has 0 N–H and O–H groups in total. The summed E-state index contributed by atoms with van der Waals surface area (Å²) in [7, 11) is 0. The zero-order valence-electron chi connectivity index (χ0n) is 73.9. The minimum Gasteiger partial charge on any atom is -0.265 e. The van der Waals surface area contributed by atoms with Gasteiger partial charge < -0.3 is 0 Å². The van der Waals surface area contributed by atoms with Crippen molar-refractivity contribution in [2.24, 2.45) is 0 Å². The van der Waals surface area contributed by atoms with E-state index in [1.54, 1.807) is 6.20 Å². The fourth-order valence-corrected chi connectivity index (χ4v) is 16.9. The molecule has 0 amide bonds. The van der Waals surface area contributed by atoms with Gasteiger partial charge in [0.05, 0.1) is 95.4 Å². The van der Waals surface area contributed by atoms with Gasteiger partial charge in [0.25, 0.3) is 0 Å². The SMILES string of the molecule is c1ccc(-c2ccc(-c3nc4ccccc4nc3-c3ccc(-c4ccncc4)cc3)cc2)cc1.c1ccc(-c2cccc(-c3nc4ccccc4nc3-c3ccc(-c4ccccn4)cc3)c2)cc1.c1ccc(-c2cccc(-c3nc4ccccc4nc3-c3ccc(-c4cccnc4)cc3)c2)cc1.c1ccc(-c2cccc(-c3nc4ccccc4nc3-c3ccc(-c4ccncc4)cc3)c2)cc1. The highest BCUT2D eigenvalue weighted by Gasteiger charge is 2.21. The molecule has 640 valence electrons. The van der Waals surface area contributed by atoms with Gasteiger partial charge in [0, 0.05) is 93.4 Å². The van der Waals surface area contributed by atoms with Crippen LogP contribution in [0.25, 0.3) is 223 Å². The molecule has 0 atom stereocenters. The molecule has 0 saturated heterocycles. The largest absolute Gasteiger partial charge is 0.265 e. The van der Waals surface area contributed by atoms with E-state index in [9.17, 15) is 0 Å². The van der Waals surface area contributed by atoms with Crippen molar-refractivity contribution in [3.8, 4) is 179 Å². The normalized spacial score (nSPS) is 10.9. The Kier molecular flexibility index (Phi) is 24.7. The fraction of sp³-hybridized carbons (Fsp3) is 0. The van der Waals surface area contributed by atoms with Crippen molar-refractivity contribution in [1.82, 2.24) is 59.8 Å². The lowest BCUT2D eigenvalue weighted by atomic mass is 9.98. The molecule has 0 aliphatic carbocycles. The minimum atomic E-state index is 0.872. The number of fused-ring (bicyclic) bond motifs is 4. The fourth-order valence-electron chi connectivity index (χ4n) is 16.9. The Hall–Kier alpha value is -18.5. The van der Waals surface area contributed by atoms with E-state index in [0.29, 0.717) is 0 Å². The summed E-state index contributed by atoms with van der Waals surface area (Å²) in [5.74, 6) is 0. The molecule has 0 aliphatic heterocycles. The number of aromatic nitrogens is 12. The van der Waals surface area contributed by atoms with Gasteiger partial charge in [-0.1, -0.05) is 358 Å². The number of pyridine rings is 4. The van der Waals surface area contributed by atoms with Crippen molar-refractivity contribution in [3.05, 3.63) is 510 Å². The number of hydrogen-bond donors (Lipinski definition) is 0. The number of benzene rings is 16. The van der Waals surface area contributed by atoms with E-state index < -0.39 is 0 Å². The van der Waals surface area contributed by atoms with Crippen LogP contribution in [-0.4, -0.2) is 59.8 Å². The van der Waals surface area contributed by atoms with Gasteiger partial charge in [-0.25, -0.2) is 39.9 Å². The first-order chi connectivity index (χ1) is 67.4. The monoisotopic (exact) mass is 1740 g/mol. The van der Waals surface area contributed by atoms with Crippen molar-refractivity contribution in [1.29, 1.82) is 0 Å². The molecule has 0 unspecified atom stereocenters. The Bertz CT molecular complexity index is 7540. The summed E-state index contributed by atoms with van der Waals surface area (Å²) in [5, 5.41) is 0. The van der Waals surface area contributed by atoms with Gasteiger partial charge in [-0.05, 0) is 187 Å². The highest BCUT2D eigenvalue weighted by Crippen LogP contribution is 2.41. The van der Waals surface area contributed by atoms with E-state index in [1.165, 1.54) is 27.8 Å². The van der Waals surface area contributed by atoms with Gasteiger partial charge >= 0.3 is 0 Å². The van der Waals surface area contributed by atoms with Crippen LogP contribution in [0, 0.1) is 0 Å². The van der Waals surface area contributed by atoms with Crippen LogP contribution in [-0.2, 0) is 0 Å². The molecule has 12 heteroatoms. The molecular formula is C124H84N12. The van der Waals surface area contributed by atoms with Crippen LogP contribution in [0.4, 0.5) is 0 Å². The molecule has 0 fully saturated rings. The molecule has 8 heterocycles. The Balaban J connectivity index is 0.000000108. The predicted octanol–water partition coefficient (Wildman–Crippen LogP) is 30.8. The van der Waals surface area contributed by atoms with Crippen LogP contribution in [0.3, 0.4) is 0 Å². The summed E-state index contributed by atoms with van der Waals surface area (Å²) >= 11 is 0. The first-order valence-electron chi connectivity index (χ1n) is 45.2. The van der Waals surface area contributed by atoms with Crippen molar-refractivity contribution in [2.75, 3.05) is 0 Å². The van der Waals surface area contributed by atoms with Crippen LogP contribution >= 0.6 is 0 Å². The molecule has 0 radical (unpaired) electrons. The summed E-state index contributed by atoms with van der Waals surface area (Å²) in [6.45, 7) is 0. The van der Waals surface area contributed by atoms with Gasteiger partial charge in [0.2, 0.25) is 0 Å². The standard InChI is InChI=1S/4C31H21N3/c1-2-8-22(9-3-1)25-10-6-11-26(20-25)31-30(33-28-13-4-5-14-29(28)34-31)24-17-15-23(16-18-24)27-12-7-19-32-21-27;1-2-9-22(10-3-1)25-11-8-12-26(21-25)31-30(33-28-14-4-5-15-29(28)34-31)24-18-16-23(17-19-24)27-13-6-7-20-32-27;1-2-7-22(8-3-1)26-9-6-10-27(21-26)31-30(33-28-11-4-5-12-29(28)34-31)25-15-13-23(14-16-25)24-17-19-32-20-18-24;1-2-6-22(7-3-1)23-10-14-26(15-11-23)30-31(34-29-9-5-4-8-28(29)33-30)27-16-12-24(13-17-27)25-18-20-32-21-19-25/h4*1-21H. The lowest BCUT2D eigenvalue weighted by Crippen LogP contribution is -1.96. The second-order valence-corrected chi connectivity index (χ2v) is 32.7. The first kappa shape index (κ1) is 84.3. The zero-order valence-corrected chi connectivity index (χ0v) is 73.9. The average molecular weight is 1740 g/mol. The Morgan fingerprint density at radius 3 is 0.581 bits per heavy atom. The van der Waals surface area contributed by atoms with Gasteiger partial charge in [0.1, 0.15) is 0 Å². The average Bonchev–Trinajstić information content (AvgIpc) is 0.785. The van der Waals surface area contributed by atoms with Gasteiger partial charge in [-0.2, -0.15) is 0 Å².